The summed E-state index contributed by atoms with van der Waals surface area (Å²) in [5.41, 5.74) is 2.60. The minimum absolute atomic E-state index is 0.604. The molecule has 78 valence electrons. The van der Waals surface area contributed by atoms with Crippen LogP contribution in [0.4, 0.5) is 0 Å². The first-order chi connectivity index (χ1) is 6.59. The van der Waals surface area contributed by atoms with Crippen molar-refractivity contribution in [2.45, 2.75) is 46.6 Å². The maximum absolute atomic E-state index is 4.62. The van der Waals surface area contributed by atoms with Gasteiger partial charge in [0.05, 0.1) is 11.7 Å². The molecule has 2 heteroatoms. The molecule has 0 saturated heterocycles. The summed E-state index contributed by atoms with van der Waals surface area (Å²) in [5.74, 6) is 1.45. The fourth-order valence-corrected chi connectivity index (χ4v) is 2.74. The van der Waals surface area contributed by atoms with E-state index in [1.165, 1.54) is 24.2 Å². The summed E-state index contributed by atoms with van der Waals surface area (Å²) in [4.78, 5) is 0. The Balaban J connectivity index is 2.40. The van der Waals surface area contributed by atoms with E-state index >= 15 is 0 Å². The molecule has 2 nitrogen and oxygen atoms in total. The number of rotatable bonds is 1. The molecule has 14 heavy (non-hydrogen) atoms. The second-order valence-corrected chi connectivity index (χ2v) is 4.97. The van der Waals surface area contributed by atoms with Gasteiger partial charge in [-0.2, -0.15) is 5.10 Å². The van der Waals surface area contributed by atoms with Crippen molar-refractivity contribution in [1.29, 1.82) is 0 Å². The van der Waals surface area contributed by atoms with E-state index in [9.17, 15) is 0 Å². The molecule has 0 aromatic carbocycles. The molecule has 2 unspecified atom stereocenters. The van der Waals surface area contributed by atoms with Gasteiger partial charge in [0, 0.05) is 5.69 Å². The van der Waals surface area contributed by atoms with E-state index in [1.807, 2.05) is 0 Å². The van der Waals surface area contributed by atoms with Gasteiger partial charge >= 0.3 is 0 Å². The van der Waals surface area contributed by atoms with Gasteiger partial charge in [-0.05, 0) is 37.7 Å². The molecule has 1 aromatic rings. The lowest BCUT2D eigenvalue weighted by Crippen LogP contribution is -2.29. The van der Waals surface area contributed by atoms with Gasteiger partial charge < -0.3 is 0 Å². The van der Waals surface area contributed by atoms with E-state index in [4.69, 9.17) is 0 Å². The largest absolute Gasteiger partial charge is 0.266 e. The predicted octanol–water partition coefficient (Wildman–Crippen LogP) is 2.97. The zero-order valence-corrected chi connectivity index (χ0v) is 9.62. The van der Waals surface area contributed by atoms with Gasteiger partial charge in [-0.15, -0.1) is 0 Å². The Kier molecular flexibility index (Phi) is 2.38. The van der Waals surface area contributed by atoms with Crippen LogP contribution >= 0.6 is 0 Å². The third-order valence-corrected chi connectivity index (χ3v) is 3.34. The Morgan fingerprint density at radius 3 is 2.86 bits per heavy atom. The van der Waals surface area contributed by atoms with Crippen LogP contribution in [-0.4, -0.2) is 9.78 Å². The Bertz CT molecular complexity index is 325. The first kappa shape index (κ1) is 9.75. The monoisotopic (exact) mass is 192 g/mol. The van der Waals surface area contributed by atoms with E-state index in [0.717, 1.165) is 5.92 Å². The molecule has 0 fully saturated rings. The number of aryl methyl sites for hydroxylation is 2. The van der Waals surface area contributed by atoms with Gasteiger partial charge in [0.25, 0.3) is 0 Å². The van der Waals surface area contributed by atoms with Crippen LogP contribution in [0.25, 0.3) is 0 Å². The van der Waals surface area contributed by atoms with Crippen LogP contribution in [0.15, 0.2) is 6.07 Å². The highest BCUT2D eigenvalue weighted by atomic mass is 15.3. The van der Waals surface area contributed by atoms with E-state index in [0.29, 0.717) is 12.0 Å². The molecule has 0 amide bonds. The highest BCUT2D eigenvalue weighted by Gasteiger charge is 2.29. The van der Waals surface area contributed by atoms with Gasteiger partial charge in [0.2, 0.25) is 0 Å². The molecule has 2 atom stereocenters. The molecule has 0 bridgehead atoms. The molecule has 1 aliphatic rings. The minimum Gasteiger partial charge on any atom is -0.266 e. The van der Waals surface area contributed by atoms with Crippen molar-refractivity contribution in [3.05, 3.63) is 17.5 Å². The standard InChI is InChI=1S/C12H20N2/c1-8(2)12-9(3)5-6-11-7-10(4)13-14(11)12/h7-9,12H,5-6H2,1-4H3. The van der Waals surface area contributed by atoms with Crippen LogP contribution in [0, 0.1) is 18.8 Å². The van der Waals surface area contributed by atoms with Crippen molar-refractivity contribution in [3.63, 3.8) is 0 Å². The summed E-state index contributed by atoms with van der Waals surface area (Å²) in [5, 5.41) is 4.62. The van der Waals surface area contributed by atoms with Crippen LogP contribution in [0.1, 0.15) is 44.6 Å². The molecule has 0 radical (unpaired) electrons. The number of nitrogens with zero attached hydrogens (tertiary/aromatic N) is 2. The summed E-state index contributed by atoms with van der Waals surface area (Å²) < 4.78 is 2.27. The van der Waals surface area contributed by atoms with E-state index in [2.05, 4.69) is 43.5 Å². The summed E-state index contributed by atoms with van der Waals surface area (Å²) in [6.07, 6.45) is 2.51. The van der Waals surface area contributed by atoms with E-state index in [1.54, 1.807) is 0 Å². The first-order valence-electron chi connectivity index (χ1n) is 5.64. The third kappa shape index (κ3) is 1.47. The molecule has 0 saturated carbocycles. The molecule has 1 aliphatic heterocycles. The molecular weight excluding hydrogens is 172 g/mol. The molecule has 0 aliphatic carbocycles. The summed E-state index contributed by atoms with van der Waals surface area (Å²) in [6, 6.07) is 2.84. The predicted molar refractivity (Wildman–Crippen MR) is 58.3 cm³/mol. The quantitative estimate of drug-likeness (QED) is 0.669. The maximum Gasteiger partial charge on any atom is 0.0596 e. The zero-order chi connectivity index (χ0) is 10.3. The molecular formula is C12H20N2. The molecule has 0 N–H and O–H groups in total. The van der Waals surface area contributed by atoms with Gasteiger partial charge in [0.1, 0.15) is 0 Å². The SMILES string of the molecule is Cc1cc2n(n1)C(C(C)C)C(C)CC2. The normalized spacial score (nSPS) is 26.6. The van der Waals surface area contributed by atoms with E-state index in [-0.39, 0.29) is 0 Å². The molecule has 2 rings (SSSR count). The average Bonchev–Trinajstić information content (AvgIpc) is 2.43. The van der Waals surface area contributed by atoms with Crippen molar-refractivity contribution >= 4 is 0 Å². The van der Waals surface area contributed by atoms with Crippen LogP contribution in [0.5, 0.6) is 0 Å². The van der Waals surface area contributed by atoms with Gasteiger partial charge in [0.15, 0.2) is 0 Å². The summed E-state index contributed by atoms with van der Waals surface area (Å²) in [7, 11) is 0. The second kappa shape index (κ2) is 3.41. The Labute approximate surface area is 86.3 Å². The number of aromatic nitrogens is 2. The zero-order valence-electron chi connectivity index (χ0n) is 9.62. The fraction of sp³-hybridized carbons (Fsp3) is 0.750. The highest BCUT2D eigenvalue weighted by Crippen LogP contribution is 2.34. The fourth-order valence-electron chi connectivity index (χ4n) is 2.74. The van der Waals surface area contributed by atoms with Gasteiger partial charge in [-0.1, -0.05) is 20.8 Å². The topological polar surface area (TPSA) is 17.8 Å². The lowest BCUT2D eigenvalue weighted by atomic mass is 9.85. The highest BCUT2D eigenvalue weighted by molar-refractivity contribution is 5.12. The van der Waals surface area contributed by atoms with Crippen molar-refractivity contribution < 1.29 is 0 Å². The molecule has 2 heterocycles. The lowest BCUT2D eigenvalue weighted by molar-refractivity contribution is 0.209. The van der Waals surface area contributed by atoms with Crippen molar-refractivity contribution in [2.24, 2.45) is 11.8 Å². The lowest BCUT2D eigenvalue weighted by Gasteiger charge is -2.33. The summed E-state index contributed by atoms with van der Waals surface area (Å²) >= 11 is 0. The van der Waals surface area contributed by atoms with Crippen LogP contribution in [0.2, 0.25) is 0 Å². The number of fused-ring (bicyclic) bond motifs is 1. The van der Waals surface area contributed by atoms with E-state index < -0.39 is 0 Å². The first-order valence-corrected chi connectivity index (χ1v) is 5.64. The number of hydrogen-bond donors (Lipinski definition) is 0. The van der Waals surface area contributed by atoms with Crippen molar-refractivity contribution in [3.8, 4) is 0 Å². The van der Waals surface area contributed by atoms with Crippen LogP contribution in [-0.2, 0) is 6.42 Å². The van der Waals surface area contributed by atoms with Crippen molar-refractivity contribution in [2.75, 3.05) is 0 Å². The Morgan fingerprint density at radius 1 is 1.50 bits per heavy atom. The smallest absolute Gasteiger partial charge is 0.0596 e. The molecule has 1 aromatic heterocycles. The minimum atomic E-state index is 0.604. The van der Waals surface area contributed by atoms with Crippen LogP contribution < -0.4 is 0 Å². The summed E-state index contributed by atoms with van der Waals surface area (Å²) in [6.45, 7) is 9.04. The third-order valence-electron chi connectivity index (χ3n) is 3.34. The maximum atomic E-state index is 4.62. The van der Waals surface area contributed by atoms with Crippen molar-refractivity contribution in [1.82, 2.24) is 9.78 Å². The van der Waals surface area contributed by atoms with Gasteiger partial charge in [-0.25, -0.2) is 0 Å². The number of hydrogen-bond acceptors (Lipinski definition) is 1. The average molecular weight is 192 g/mol. The van der Waals surface area contributed by atoms with Crippen LogP contribution in [0.3, 0.4) is 0 Å². The molecule has 0 spiro atoms. The van der Waals surface area contributed by atoms with Gasteiger partial charge in [-0.3, -0.25) is 4.68 Å². The second-order valence-electron chi connectivity index (χ2n) is 4.97. The Hall–Kier alpha value is -0.790. The Morgan fingerprint density at radius 2 is 2.21 bits per heavy atom.